The van der Waals surface area contributed by atoms with Crippen molar-refractivity contribution in [3.63, 3.8) is 0 Å². The van der Waals surface area contributed by atoms with Gasteiger partial charge in [0.2, 0.25) is 5.91 Å². The van der Waals surface area contributed by atoms with Crippen LogP contribution in [-0.4, -0.2) is 63.3 Å². The van der Waals surface area contributed by atoms with E-state index in [-0.39, 0.29) is 11.5 Å². The lowest BCUT2D eigenvalue weighted by molar-refractivity contribution is -0.136. The van der Waals surface area contributed by atoms with Gasteiger partial charge in [0.05, 0.1) is 11.7 Å². The van der Waals surface area contributed by atoms with Crippen LogP contribution >= 0.6 is 0 Å². The highest BCUT2D eigenvalue weighted by Gasteiger charge is 2.30. The smallest absolute Gasteiger partial charge is 0.291 e. The van der Waals surface area contributed by atoms with Crippen LogP contribution in [0.1, 0.15) is 19.4 Å². The Morgan fingerprint density at radius 3 is 2.52 bits per heavy atom. The van der Waals surface area contributed by atoms with Crippen LogP contribution in [0.2, 0.25) is 0 Å². The fraction of sp³-hybridized carbons (Fsp3) is 0.450. The molecule has 7 nitrogen and oxygen atoms in total. The fourth-order valence-electron chi connectivity index (χ4n) is 4.02. The molecule has 2 aromatic heterocycles. The van der Waals surface area contributed by atoms with Crippen molar-refractivity contribution in [1.29, 1.82) is 0 Å². The summed E-state index contributed by atoms with van der Waals surface area (Å²) >= 11 is 0. The van der Waals surface area contributed by atoms with Gasteiger partial charge in [-0.05, 0) is 19.5 Å². The number of rotatable bonds is 3. The van der Waals surface area contributed by atoms with Crippen molar-refractivity contribution in [3.8, 4) is 0 Å². The predicted molar refractivity (Wildman–Crippen MR) is 106 cm³/mol. The highest BCUT2D eigenvalue weighted by Crippen LogP contribution is 2.31. The van der Waals surface area contributed by atoms with Crippen LogP contribution in [0.5, 0.6) is 0 Å². The van der Waals surface area contributed by atoms with Crippen molar-refractivity contribution in [1.82, 2.24) is 24.1 Å². The van der Waals surface area contributed by atoms with Gasteiger partial charge < -0.3 is 14.4 Å². The Labute approximate surface area is 157 Å². The summed E-state index contributed by atoms with van der Waals surface area (Å²) < 4.78 is 3.28. The standard InChI is InChI=1S/C20H25N5O2/c1-4-16(19(26)24-11-9-22(2)10-12-24)25-17-8-6-5-7-14(17)15-13-21-23(3)20(27)18(15)25/h5-8,13,16H,4,9-12H2,1-3H3. The third kappa shape index (κ3) is 2.82. The zero-order chi connectivity index (χ0) is 19.1. The first-order valence-corrected chi connectivity index (χ1v) is 9.45. The second-order valence-electron chi connectivity index (χ2n) is 7.28. The van der Waals surface area contributed by atoms with Crippen LogP contribution in [-0.2, 0) is 11.8 Å². The maximum atomic E-state index is 13.4. The Kier molecular flexibility index (Phi) is 4.47. The lowest BCUT2D eigenvalue weighted by Gasteiger charge is -2.35. The summed E-state index contributed by atoms with van der Waals surface area (Å²) in [7, 11) is 3.72. The number of aryl methyl sites for hydroxylation is 1. The first-order valence-electron chi connectivity index (χ1n) is 9.45. The van der Waals surface area contributed by atoms with Gasteiger partial charge in [0, 0.05) is 44.0 Å². The number of para-hydroxylation sites is 1. The minimum atomic E-state index is -0.397. The van der Waals surface area contributed by atoms with Gasteiger partial charge in [-0.15, -0.1) is 0 Å². The number of likely N-dealkylation sites (N-methyl/N-ethyl adjacent to an activating group) is 1. The number of hydrogen-bond donors (Lipinski definition) is 0. The summed E-state index contributed by atoms with van der Waals surface area (Å²) in [6, 6.07) is 7.47. The molecule has 27 heavy (non-hydrogen) atoms. The number of piperazine rings is 1. The molecule has 1 amide bonds. The van der Waals surface area contributed by atoms with E-state index in [1.54, 1.807) is 13.2 Å². The minimum absolute atomic E-state index is 0.0899. The molecule has 0 aliphatic carbocycles. The van der Waals surface area contributed by atoms with Crippen LogP contribution in [0.4, 0.5) is 0 Å². The molecule has 1 fully saturated rings. The van der Waals surface area contributed by atoms with Gasteiger partial charge in [0.1, 0.15) is 11.6 Å². The third-order valence-corrected chi connectivity index (χ3v) is 5.60. The predicted octanol–water partition coefficient (Wildman–Crippen LogP) is 1.61. The molecule has 1 saturated heterocycles. The molecule has 1 aliphatic rings. The molecule has 0 bridgehead atoms. The number of hydrogen-bond acceptors (Lipinski definition) is 4. The molecule has 0 spiro atoms. The molecule has 1 aliphatic heterocycles. The number of amides is 1. The minimum Gasteiger partial charge on any atom is -0.338 e. The molecular formula is C20H25N5O2. The Hall–Kier alpha value is -2.67. The first-order chi connectivity index (χ1) is 13.0. The molecule has 0 saturated carbocycles. The Morgan fingerprint density at radius 2 is 1.81 bits per heavy atom. The monoisotopic (exact) mass is 367 g/mol. The third-order valence-electron chi connectivity index (χ3n) is 5.60. The highest BCUT2D eigenvalue weighted by molar-refractivity contribution is 6.08. The number of carbonyl (C=O) groups is 1. The summed E-state index contributed by atoms with van der Waals surface area (Å²) in [4.78, 5) is 30.5. The van der Waals surface area contributed by atoms with Crippen molar-refractivity contribution in [2.75, 3.05) is 33.2 Å². The number of carbonyl (C=O) groups excluding carboxylic acids is 1. The summed E-state index contributed by atoms with van der Waals surface area (Å²) in [5.74, 6) is 0.0899. The van der Waals surface area contributed by atoms with Crippen molar-refractivity contribution < 1.29 is 4.79 Å². The largest absolute Gasteiger partial charge is 0.338 e. The maximum absolute atomic E-state index is 13.4. The zero-order valence-corrected chi connectivity index (χ0v) is 16.1. The van der Waals surface area contributed by atoms with Gasteiger partial charge in [-0.1, -0.05) is 25.1 Å². The first kappa shape index (κ1) is 17.7. The highest BCUT2D eigenvalue weighted by atomic mass is 16.2. The molecule has 3 aromatic rings. The van der Waals surface area contributed by atoms with E-state index in [2.05, 4.69) is 17.0 Å². The number of benzene rings is 1. The molecule has 0 radical (unpaired) electrons. The Balaban J connectivity index is 1.91. The van der Waals surface area contributed by atoms with Crippen LogP contribution < -0.4 is 5.56 Å². The molecule has 3 heterocycles. The van der Waals surface area contributed by atoms with Crippen LogP contribution in [0.3, 0.4) is 0 Å². The van der Waals surface area contributed by atoms with Gasteiger partial charge in [0.25, 0.3) is 5.56 Å². The number of fused-ring (bicyclic) bond motifs is 3. The van der Waals surface area contributed by atoms with Crippen molar-refractivity contribution in [2.45, 2.75) is 19.4 Å². The van der Waals surface area contributed by atoms with E-state index < -0.39 is 6.04 Å². The quantitative estimate of drug-likeness (QED) is 0.706. The summed E-state index contributed by atoms with van der Waals surface area (Å²) in [6.07, 6.45) is 2.35. The maximum Gasteiger partial charge on any atom is 0.291 e. The van der Waals surface area contributed by atoms with E-state index in [0.29, 0.717) is 11.9 Å². The molecule has 7 heteroatoms. The van der Waals surface area contributed by atoms with E-state index in [0.717, 1.165) is 42.5 Å². The van der Waals surface area contributed by atoms with Crippen molar-refractivity contribution in [2.24, 2.45) is 7.05 Å². The molecule has 4 rings (SSSR count). The molecular weight excluding hydrogens is 342 g/mol. The number of nitrogens with zero attached hydrogens (tertiary/aromatic N) is 5. The van der Waals surface area contributed by atoms with E-state index >= 15 is 0 Å². The zero-order valence-electron chi connectivity index (χ0n) is 16.1. The fourth-order valence-corrected chi connectivity index (χ4v) is 4.02. The molecule has 1 unspecified atom stereocenters. The normalized spacial score (nSPS) is 16.9. The van der Waals surface area contributed by atoms with Gasteiger partial charge in [0.15, 0.2) is 0 Å². The van der Waals surface area contributed by atoms with Crippen LogP contribution in [0.15, 0.2) is 35.3 Å². The molecule has 1 aromatic carbocycles. The van der Waals surface area contributed by atoms with Gasteiger partial charge in [-0.2, -0.15) is 5.10 Å². The number of aromatic nitrogens is 3. The average Bonchev–Trinajstić information content (AvgIpc) is 3.01. The topological polar surface area (TPSA) is 63.4 Å². The molecule has 1 atom stereocenters. The van der Waals surface area contributed by atoms with Crippen LogP contribution in [0, 0.1) is 0 Å². The average molecular weight is 367 g/mol. The van der Waals surface area contributed by atoms with E-state index in [9.17, 15) is 9.59 Å². The van der Waals surface area contributed by atoms with Gasteiger partial charge in [-0.25, -0.2) is 4.68 Å². The lowest BCUT2D eigenvalue weighted by Crippen LogP contribution is -2.49. The Morgan fingerprint density at radius 1 is 1.11 bits per heavy atom. The van der Waals surface area contributed by atoms with Crippen molar-refractivity contribution >= 4 is 27.7 Å². The molecule has 142 valence electrons. The van der Waals surface area contributed by atoms with Crippen molar-refractivity contribution in [3.05, 3.63) is 40.8 Å². The summed E-state index contributed by atoms with van der Waals surface area (Å²) in [5, 5.41) is 5.95. The van der Waals surface area contributed by atoms with Crippen LogP contribution in [0.25, 0.3) is 21.8 Å². The van der Waals surface area contributed by atoms with Gasteiger partial charge >= 0.3 is 0 Å². The molecule has 0 N–H and O–H groups in total. The van der Waals surface area contributed by atoms with Gasteiger partial charge in [-0.3, -0.25) is 9.59 Å². The Bertz CT molecular complexity index is 1060. The SMILES string of the molecule is CCC(C(=O)N1CCN(C)CC1)n1c2ccccc2c2cnn(C)c(=O)c21. The summed E-state index contributed by atoms with van der Waals surface area (Å²) in [5.41, 5.74) is 1.29. The van der Waals surface area contributed by atoms with E-state index in [1.165, 1.54) is 4.68 Å². The van der Waals surface area contributed by atoms with E-state index in [1.807, 2.05) is 40.7 Å². The lowest BCUT2D eigenvalue weighted by atomic mass is 10.1. The second-order valence-corrected chi connectivity index (χ2v) is 7.28. The van der Waals surface area contributed by atoms with E-state index in [4.69, 9.17) is 0 Å². The second kappa shape index (κ2) is 6.81. The summed E-state index contributed by atoms with van der Waals surface area (Å²) in [6.45, 7) is 5.21.